The highest BCUT2D eigenvalue weighted by Crippen LogP contribution is 2.49. The third-order valence-electron chi connectivity index (χ3n) is 9.20. The maximum absolute atomic E-state index is 5.64. The van der Waals surface area contributed by atoms with Crippen LogP contribution in [0.2, 0.25) is 0 Å². The van der Waals surface area contributed by atoms with Crippen LogP contribution >= 0.6 is 12.4 Å². The first-order chi connectivity index (χ1) is 17.7. The Morgan fingerprint density at radius 1 is 0.895 bits per heavy atom. The SMILES string of the molecule is COC1CCN(c2ccc(N3CCN(CC4CCOCC4)CC3)c(C3=CC(C)(C)CC(C)(C)C3)c2)CC1.Cl. The Kier molecular flexibility index (Phi) is 9.77. The van der Waals surface area contributed by atoms with Gasteiger partial charge in [0.15, 0.2) is 0 Å². The van der Waals surface area contributed by atoms with Gasteiger partial charge in [0.2, 0.25) is 0 Å². The predicted molar refractivity (Wildman–Crippen MR) is 163 cm³/mol. The van der Waals surface area contributed by atoms with E-state index in [4.69, 9.17) is 9.47 Å². The van der Waals surface area contributed by atoms with Crippen LogP contribution in [0.15, 0.2) is 24.3 Å². The van der Waals surface area contributed by atoms with Crippen LogP contribution in [-0.4, -0.2) is 77.1 Å². The van der Waals surface area contributed by atoms with Crippen molar-refractivity contribution in [1.82, 2.24) is 4.90 Å². The predicted octanol–water partition coefficient (Wildman–Crippen LogP) is 6.50. The summed E-state index contributed by atoms with van der Waals surface area (Å²) >= 11 is 0. The van der Waals surface area contributed by atoms with Gasteiger partial charge in [-0.05, 0) is 79.0 Å². The van der Waals surface area contributed by atoms with E-state index in [2.05, 4.69) is 66.7 Å². The van der Waals surface area contributed by atoms with Gasteiger partial charge in [-0.15, -0.1) is 12.4 Å². The van der Waals surface area contributed by atoms with Crippen molar-refractivity contribution in [3.05, 3.63) is 29.8 Å². The molecule has 0 N–H and O–H groups in total. The highest BCUT2D eigenvalue weighted by Gasteiger charge is 2.35. The molecule has 3 heterocycles. The fourth-order valence-electron chi connectivity index (χ4n) is 7.63. The first kappa shape index (κ1) is 29.7. The van der Waals surface area contributed by atoms with Gasteiger partial charge in [0.25, 0.3) is 0 Å². The van der Waals surface area contributed by atoms with Crippen molar-refractivity contribution in [2.45, 2.75) is 72.3 Å². The Labute approximate surface area is 238 Å². The van der Waals surface area contributed by atoms with Crippen LogP contribution < -0.4 is 9.80 Å². The summed E-state index contributed by atoms with van der Waals surface area (Å²) in [5, 5.41) is 0. The van der Waals surface area contributed by atoms with Crippen molar-refractivity contribution >= 4 is 29.4 Å². The molecule has 0 aromatic heterocycles. The van der Waals surface area contributed by atoms with Crippen LogP contribution in [0, 0.1) is 16.7 Å². The Balaban J connectivity index is 0.00000336. The lowest BCUT2D eigenvalue weighted by Gasteiger charge is -2.42. The molecule has 0 bridgehead atoms. The maximum atomic E-state index is 5.64. The van der Waals surface area contributed by atoms with Crippen LogP contribution in [0.4, 0.5) is 11.4 Å². The molecule has 5 rings (SSSR count). The van der Waals surface area contributed by atoms with E-state index >= 15 is 0 Å². The van der Waals surface area contributed by atoms with Gasteiger partial charge < -0.3 is 19.3 Å². The average molecular weight is 546 g/mol. The normalized spacial score (nSPS) is 25.1. The number of allylic oxidation sites excluding steroid dienone is 2. The van der Waals surface area contributed by atoms with Gasteiger partial charge in [-0.1, -0.05) is 33.8 Å². The largest absolute Gasteiger partial charge is 0.381 e. The number of piperazine rings is 1. The molecule has 0 spiro atoms. The molecule has 5 nitrogen and oxygen atoms in total. The lowest BCUT2D eigenvalue weighted by molar-refractivity contribution is 0.0517. The molecular weight excluding hydrogens is 494 g/mol. The molecule has 0 unspecified atom stereocenters. The van der Waals surface area contributed by atoms with Gasteiger partial charge in [-0.25, -0.2) is 0 Å². The van der Waals surface area contributed by atoms with Crippen LogP contribution in [0.3, 0.4) is 0 Å². The number of methoxy groups -OCH3 is 1. The number of hydrogen-bond donors (Lipinski definition) is 0. The number of hydrogen-bond acceptors (Lipinski definition) is 5. The van der Waals surface area contributed by atoms with Crippen molar-refractivity contribution in [3.63, 3.8) is 0 Å². The van der Waals surface area contributed by atoms with Crippen LogP contribution in [0.25, 0.3) is 5.57 Å². The average Bonchev–Trinajstić information content (AvgIpc) is 2.88. The molecule has 0 radical (unpaired) electrons. The number of halogens is 1. The van der Waals surface area contributed by atoms with E-state index in [1.807, 2.05) is 7.11 Å². The van der Waals surface area contributed by atoms with E-state index in [9.17, 15) is 0 Å². The molecule has 3 fully saturated rings. The zero-order valence-electron chi connectivity index (χ0n) is 24.6. The summed E-state index contributed by atoms with van der Waals surface area (Å²) in [6, 6.07) is 7.36. The minimum absolute atomic E-state index is 0. The zero-order chi connectivity index (χ0) is 26.0. The van der Waals surface area contributed by atoms with Crippen molar-refractivity contribution in [3.8, 4) is 0 Å². The molecule has 0 saturated carbocycles. The van der Waals surface area contributed by atoms with Crippen LogP contribution in [0.5, 0.6) is 0 Å². The topological polar surface area (TPSA) is 28.2 Å². The second kappa shape index (κ2) is 12.5. The Morgan fingerprint density at radius 2 is 1.58 bits per heavy atom. The Morgan fingerprint density at radius 3 is 2.21 bits per heavy atom. The summed E-state index contributed by atoms with van der Waals surface area (Å²) in [4.78, 5) is 7.95. The van der Waals surface area contributed by atoms with Gasteiger partial charge in [0.05, 0.1) is 6.10 Å². The van der Waals surface area contributed by atoms with Crippen molar-refractivity contribution in [2.24, 2.45) is 16.7 Å². The fraction of sp³-hybridized carbons (Fsp3) is 0.750. The van der Waals surface area contributed by atoms with E-state index in [1.54, 1.807) is 5.57 Å². The molecule has 1 aromatic carbocycles. The summed E-state index contributed by atoms with van der Waals surface area (Å²) in [5.74, 6) is 0.814. The van der Waals surface area contributed by atoms with E-state index in [0.29, 0.717) is 11.5 Å². The summed E-state index contributed by atoms with van der Waals surface area (Å²) in [6.07, 6.45) is 10.1. The summed E-state index contributed by atoms with van der Waals surface area (Å²) in [6.45, 7) is 19.6. The number of nitrogens with zero attached hydrogens (tertiary/aromatic N) is 3. The zero-order valence-corrected chi connectivity index (χ0v) is 25.5. The molecule has 1 aromatic rings. The van der Waals surface area contributed by atoms with Crippen LogP contribution in [0.1, 0.15) is 71.8 Å². The lowest BCUT2D eigenvalue weighted by Crippen LogP contribution is -2.48. The van der Waals surface area contributed by atoms with Gasteiger partial charge in [0.1, 0.15) is 0 Å². The number of benzene rings is 1. The first-order valence-electron chi connectivity index (χ1n) is 14.9. The van der Waals surface area contributed by atoms with E-state index in [1.165, 1.54) is 55.8 Å². The highest BCUT2D eigenvalue weighted by atomic mass is 35.5. The fourth-order valence-corrected chi connectivity index (χ4v) is 7.63. The van der Waals surface area contributed by atoms with Crippen molar-refractivity contribution in [1.29, 1.82) is 0 Å². The molecule has 0 atom stereocenters. The third-order valence-corrected chi connectivity index (χ3v) is 9.20. The van der Waals surface area contributed by atoms with Gasteiger partial charge in [-0.3, -0.25) is 4.90 Å². The summed E-state index contributed by atoms with van der Waals surface area (Å²) in [5.41, 5.74) is 6.40. The lowest BCUT2D eigenvalue weighted by atomic mass is 9.65. The van der Waals surface area contributed by atoms with Crippen molar-refractivity contribution in [2.75, 3.05) is 75.9 Å². The Hall–Kier alpha value is -1.27. The number of ether oxygens (including phenoxy) is 2. The number of rotatable bonds is 6. The minimum Gasteiger partial charge on any atom is -0.381 e. The molecule has 4 aliphatic rings. The standard InChI is InChI=1S/C32H51N3O2.ClH/c1-31(2)21-26(22-32(3,4)24-31)29-20-27(34-12-8-28(36-5)9-13-34)6-7-30(29)35-16-14-33(15-17-35)23-25-10-18-37-19-11-25;/h6-7,20-21,25,28H,8-19,22-24H2,1-5H3;1H. The molecule has 3 aliphatic heterocycles. The van der Waals surface area contributed by atoms with Crippen molar-refractivity contribution < 1.29 is 9.47 Å². The molecule has 1 aliphatic carbocycles. The van der Waals surface area contributed by atoms with E-state index < -0.39 is 0 Å². The Bertz CT molecular complexity index is 940. The van der Waals surface area contributed by atoms with E-state index in [-0.39, 0.29) is 17.8 Å². The van der Waals surface area contributed by atoms with Gasteiger partial charge in [-0.2, -0.15) is 0 Å². The second-order valence-corrected chi connectivity index (χ2v) is 13.6. The minimum atomic E-state index is 0. The smallest absolute Gasteiger partial charge is 0.0605 e. The highest BCUT2D eigenvalue weighted by molar-refractivity contribution is 5.85. The maximum Gasteiger partial charge on any atom is 0.0605 e. The molecular formula is C32H52ClN3O2. The number of piperidine rings is 1. The molecule has 6 heteroatoms. The summed E-state index contributed by atoms with van der Waals surface area (Å²) in [7, 11) is 1.86. The molecule has 214 valence electrons. The van der Waals surface area contributed by atoms with Gasteiger partial charge >= 0.3 is 0 Å². The van der Waals surface area contributed by atoms with E-state index in [0.717, 1.165) is 64.6 Å². The molecule has 38 heavy (non-hydrogen) atoms. The third kappa shape index (κ3) is 7.27. The van der Waals surface area contributed by atoms with Crippen LogP contribution in [-0.2, 0) is 9.47 Å². The molecule has 3 saturated heterocycles. The first-order valence-corrected chi connectivity index (χ1v) is 14.9. The molecule has 0 amide bonds. The second-order valence-electron chi connectivity index (χ2n) is 13.6. The summed E-state index contributed by atoms with van der Waals surface area (Å²) < 4.78 is 11.2. The monoisotopic (exact) mass is 545 g/mol. The quantitative estimate of drug-likeness (QED) is 0.407. The number of anilines is 2. The van der Waals surface area contributed by atoms with Gasteiger partial charge in [0, 0.05) is 83.1 Å².